The van der Waals surface area contributed by atoms with Crippen molar-refractivity contribution < 1.29 is 0 Å². The van der Waals surface area contributed by atoms with Crippen molar-refractivity contribution in [2.24, 2.45) is 5.92 Å². The lowest BCUT2D eigenvalue weighted by molar-refractivity contribution is 0.445. The lowest BCUT2D eigenvalue weighted by atomic mass is 9.85. The normalized spacial score (nSPS) is 17.9. The zero-order valence-electron chi connectivity index (χ0n) is 11.4. The first kappa shape index (κ1) is 14.4. The zero-order valence-corrected chi connectivity index (χ0v) is 12.1. The predicted octanol–water partition coefficient (Wildman–Crippen LogP) is 4.60. The molecule has 1 heterocycles. The van der Waals surface area contributed by atoms with Gasteiger partial charge in [-0.1, -0.05) is 48.0 Å². The molecule has 0 saturated carbocycles. The third-order valence-corrected chi connectivity index (χ3v) is 4.08. The molecule has 0 unspecified atom stereocenters. The Kier molecular flexibility index (Phi) is 5.68. The molecule has 0 aromatic heterocycles. The molecule has 1 aromatic carbocycles. The van der Waals surface area contributed by atoms with Crippen LogP contribution in [-0.4, -0.2) is 13.1 Å². The van der Waals surface area contributed by atoms with Crippen LogP contribution in [0.3, 0.4) is 0 Å². The van der Waals surface area contributed by atoms with Gasteiger partial charge in [-0.15, -0.1) is 6.58 Å². The van der Waals surface area contributed by atoms with Crippen molar-refractivity contribution in [1.29, 1.82) is 0 Å². The Balaban J connectivity index is 2.29. The Morgan fingerprint density at radius 3 is 2.58 bits per heavy atom. The van der Waals surface area contributed by atoms with Gasteiger partial charge < -0.3 is 5.32 Å². The van der Waals surface area contributed by atoms with Crippen LogP contribution in [0.5, 0.6) is 0 Å². The summed E-state index contributed by atoms with van der Waals surface area (Å²) in [4.78, 5) is 0. The molecular formula is C17H22ClN. The minimum Gasteiger partial charge on any atom is -0.317 e. The fourth-order valence-electron chi connectivity index (χ4n) is 2.71. The van der Waals surface area contributed by atoms with Gasteiger partial charge in [0.1, 0.15) is 0 Å². The largest absolute Gasteiger partial charge is 0.317 e. The van der Waals surface area contributed by atoms with Gasteiger partial charge >= 0.3 is 0 Å². The molecule has 1 aliphatic heterocycles. The Morgan fingerprint density at radius 2 is 1.95 bits per heavy atom. The van der Waals surface area contributed by atoms with E-state index in [4.69, 9.17) is 11.6 Å². The summed E-state index contributed by atoms with van der Waals surface area (Å²) in [5.41, 5.74) is 2.63. The molecule has 1 saturated heterocycles. The number of hydrogen-bond donors (Lipinski definition) is 1. The van der Waals surface area contributed by atoms with E-state index in [9.17, 15) is 0 Å². The fraction of sp³-hybridized carbons (Fsp3) is 0.412. The average molecular weight is 276 g/mol. The van der Waals surface area contributed by atoms with Crippen molar-refractivity contribution in [3.8, 4) is 0 Å². The van der Waals surface area contributed by atoms with Crippen LogP contribution in [0.1, 0.15) is 31.2 Å². The van der Waals surface area contributed by atoms with Gasteiger partial charge in [-0.3, -0.25) is 0 Å². The second-order valence-corrected chi connectivity index (χ2v) is 5.49. The molecule has 2 heteroatoms. The van der Waals surface area contributed by atoms with Gasteiger partial charge in [0.15, 0.2) is 0 Å². The number of benzene rings is 1. The molecule has 0 radical (unpaired) electrons. The maximum absolute atomic E-state index is 6.60. The summed E-state index contributed by atoms with van der Waals surface area (Å²) < 4.78 is 0. The molecule has 102 valence electrons. The van der Waals surface area contributed by atoms with Crippen LogP contribution >= 0.6 is 11.6 Å². The molecule has 1 aliphatic rings. The van der Waals surface area contributed by atoms with Gasteiger partial charge in [0.05, 0.1) is 0 Å². The number of nitrogens with one attached hydrogen (secondary N) is 1. The molecule has 1 nitrogen and oxygen atoms in total. The molecular weight excluding hydrogens is 254 g/mol. The standard InChI is InChI=1S/C17H22ClN/c1-2-3-9-16(18)17(14-7-5-4-6-8-14)15-10-12-19-13-11-15/h2,4-8,15,19H,1,3,9-13H2/b17-16-. The molecule has 0 amide bonds. The fourth-order valence-corrected chi connectivity index (χ4v) is 3.08. The van der Waals surface area contributed by atoms with Crippen LogP contribution in [0.25, 0.3) is 5.57 Å². The van der Waals surface area contributed by atoms with Crippen molar-refractivity contribution in [2.45, 2.75) is 25.7 Å². The lowest BCUT2D eigenvalue weighted by Gasteiger charge is -2.27. The molecule has 0 spiro atoms. The first-order chi connectivity index (χ1) is 9.33. The van der Waals surface area contributed by atoms with E-state index in [0.29, 0.717) is 5.92 Å². The van der Waals surface area contributed by atoms with E-state index in [1.807, 2.05) is 6.08 Å². The van der Waals surface area contributed by atoms with Crippen LogP contribution in [0, 0.1) is 5.92 Å². The Bertz CT molecular complexity index is 430. The van der Waals surface area contributed by atoms with Crippen LogP contribution < -0.4 is 5.32 Å². The van der Waals surface area contributed by atoms with E-state index >= 15 is 0 Å². The van der Waals surface area contributed by atoms with Gasteiger partial charge in [-0.2, -0.15) is 0 Å². The minimum absolute atomic E-state index is 0.584. The molecule has 0 atom stereocenters. The SMILES string of the molecule is C=CCC/C(Cl)=C(\c1ccccc1)C1CCNCC1. The van der Waals surface area contributed by atoms with Gasteiger partial charge in [-0.05, 0) is 55.8 Å². The Labute approximate surface area is 121 Å². The Hall–Kier alpha value is -1.05. The molecule has 1 N–H and O–H groups in total. The Morgan fingerprint density at radius 1 is 1.26 bits per heavy atom. The van der Waals surface area contributed by atoms with Gasteiger partial charge in [0.2, 0.25) is 0 Å². The van der Waals surface area contributed by atoms with E-state index < -0.39 is 0 Å². The van der Waals surface area contributed by atoms with Gasteiger partial charge in [0, 0.05) is 5.03 Å². The topological polar surface area (TPSA) is 12.0 Å². The zero-order chi connectivity index (χ0) is 13.5. The second-order valence-electron chi connectivity index (χ2n) is 5.04. The van der Waals surface area contributed by atoms with E-state index in [2.05, 4.69) is 42.2 Å². The number of hydrogen-bond acceptors (Lipinski definition) is 1. The highest BCUT2D eigenvalue weighted by atomic mass is 35.5. The van der Waals surface area contributed by atoms with Crippen LogP contribution in [-0.2, 0) is 0 Å². The number of allylic oxidation sites excluding steroid dienone is 3. The molecule has 1 aromatic rings. The van der Waals surface area contributed by atoms with E-state index in [1.165, 1.54) is 24.0 Å². The number of rotatable bonds is 5. The van der Waals surface area contributed by atoms with E-state index in [0.717, 1.165) is 31.0 Å². The summed E-state index contributed by atoms with van der Waals surface area (Å²) in [7, 11) is 0. The minimum atomic E-state index is 0.584. The maximum Gasteiger partial charge on any atom is 0.0224 e. The number of halogens is 1. The van der Waals surface area contributed by atoms with E-state index in [1.54, 1.807) is 0 Å². The number of piperidine rings is 1. The summed E-state index contributed by atoms with van der Waals surface area (Å²) in [6, 6.07) is 10.6. The first-order valence-electron chi connectivity index (χ1n) is 7.08. The smallest absolute Gasteiger partial charge is 0.0224 e. The lowest BCUT2D eigenvalue weighted by Crippen LogP contribution is -2.28. The third kappa shape index (κ3) is 3.95. The average Bonchev–Trinajstić information content (AvgIpc) is 2.47. The van der Waals surface area contributed by atoms with Crippen LogP contribution in [0.4, 0.5) is 0 Å². The predicted molar refractivity (Wildman–Crippen MR) is 84.2 cm³/mol. The maximum atomic E-state index is 6.60. The van der Waals surface area contributed by atoms with Crippen molar-refractivity contribution in [3.05, 3.63) is 53.6 Å². The summed E-state index contributed by atoms with van der Waals surface area (Å²) in [6.07, 6.45) is 6.13. The van der Waals surface area contributed by atoms with Crippen molar-refractivity contribution in [3.63, 3.8) is 0 Å². The summed E-state index contributed by atoms with van der Waals surface area (Å²) in [5, 5.41) is 4.43. The van der Waals surface area contributed by atoms with Crippen molar-refractivity contribution in [2.75, 3.05) is 13.1 Å². The highest BCUT2D eigenvalue weighted by molar-refractivity contribution is 6.32. The molecule has 2 rings (SSSR count). The highest BCUT2D eigenvalue weighted by Gasteiger charge is 2.21. The third-order valence-electron chi connectivity index (χ3n) is 3.69. The molecule has 0 bridgehead atoms. The molecule has 1 fully saturated rings. The summed E-state index contributed by atoms with van der Waals surface area (Å²) in [5.74, 6) is 0.584. The molecule has 19 heavy (non-hydrogen) atoms. The first-order valence-corrected chi connectivity index (χ1v) is 7.46. The summed E-state index contributed by atoms with van der Waals surface area (Å²) in [6.45, 7) is 5.97. The van der Waals surface area contributed by atoms with Crippen molar-refractivity contribution >= 4 is 17.2 Å². The summed E-state index contributed by atoms with van der Waals surface area (Å²) >= 11 is 6.60. The van der Waals surface area contributed by atoms with Gasteiger partial charge in [-0.25, -0.2) is 0 Å². The monoisotopic (exact) mass is 275 g/mol. The van der Waals surface area contributed by atoms with Crippen molar-refractivity contribution in [1.82, 2.24) is 5.32 Å². The quantitative estimate of drug-likeness (QED) is 0.774. The second kappa shape index (κ2) is 7.52. The van der Waals surface area contributed by atoms with E-state index in [-0.39, 0.29) is 0 Å². The van der Waals surface area contributed by atoms with Gasteiger partial charge in [0.25, 0.3) is 0 Å². The van der Waals surface area contributed by atoms with Crippen LogP contribution in [0.15, 0.2) is 48.0 Å². The molecule has 0 aliphatic carbocycles. The highest BCUT2D eigenvalue weighted by Crippen LogP contribution is 2.35. The van der Waals surface area contributed by atoms with Crippen LogP contribution in [0.2, 0.25) is 0 Å².